The van der Waals surface area contributed by atoms with Crippen LogP contribution < -0.4 is 16.0 Å². The molecule has 0 saturated heterocycles. The Labute approximate surface area is 156 Å². The van der Waals surface area contributed by atoms with Gasteiger partial charge in [-0.25, -0.2) is 0 Å². The highest BCUT2D eigenvalue weighted by Gasteiger charge is 2.04. The van der Waals surface area contributed by atoms with Gasteiger partial charge < -0.3 is 16.0 Å². The van der Waals surface area contributed by atoms with Gasteiger partial charge in [0, 0.05) is 25.6 Å². The lowest BCUT2D eigenvalue weighted by Crippen LogP contribution is -2.42. The number of amides is 1. The van der Waals surface area contributed by atoms with Crippen molar-refractivity contribution < 1.29 is 4.79 Å². The summed E-state index contributed by atoms with van der Waals surface area (Å²) in [4.78, 5) is 16.2. The molecule has 0 saturated carbocycles. The maximum absolute atomic E-state index is 11.8. The summed E-state index contributed by atoms with van der Waals surface area (Å²) in [6.45, 7) is 8.11. The van der Waals surface area contributed by atoms with Gasteiger partial charge in [-0.15, -0.1) is 24.0 Å². The Balaban J connectivity index is 0.00000484. The Morgan fingerprint density at radius 3 is 2.48 bits per heavy atom. The molecule has 6 heteroatoms. The summed E-state index contributed by atoms with van der Waals surface area (Å²) in [7, 11) is 0. The number of carbonyl (C=O) groups excluding carboxylic acids is 1. The fourth-order valence-electron chi connectivity index (χ4n) is 1.81. The smallest absolute Gasteiger partial charge is 0.222 e. The van der Waals surface area contributed by atoms with Gasteiger partial charge in [-0.3, -0.25) is 9.79 Å². The van der Waals surface area contributed by atoms with Crippen LogP contribution in [0, 0.1) is 0 Å². The average Bonchev–Trinajstić information content (AvgIpc) is 2.54. The summed E-state index contributed by atoms with van der Waals surface area (Å²) < 4.78 is 0. The Morgan fingerprint density at radius 2 is 1.87 bits per heavy atom. The molecule has 5 nitrogen and oxygen atoms in total. The van der Waals surface area contributed by atoms with Crippen LogP contribution in [-0.2, 0) is 11.3 Å². The number of nitrogens with one attached hydrogen (secondary N) is 3. The van der Waals surface area contributed by atoms with Crippen molar-refractivity contribution in [2.24, 2.45) is 4.99 Å². The van der Waals surface area contributed by atoms with Gasteiger partial charge in [0.05, 0.1) is 6.54 Å². The van der Waals surface area contributed by atoms with Crippen molar-refractivity contribution in [3.8, 4) is 0 Å². The lowest BCUT2D eigenvalue weighted by Gasteiger charge is -2.16. The van der Waals surface area contributed by atoms with Crippen LogP contribution in [0.5, 0.6) is 0 Å². The maximum atomic E-state index is 11.8. The largest absolute Gasteiger partial charge is 0.357 e. The molecule has 1 aromatic rings. The molecule has 3 N–H and O–H groups in total. The van der Waals surface area contributed by atoms with Crippen molar-refractivity contribution in [2.75, 3.05) is 13.1 Å². The van der Waals surface area contributed by atoms with Crippen LogP contribution in [0.2, 0.25) is 0 Å². The predicted molar refractivity (Wildman–Crippen MR) is 107 cm³/mol. The van der Waals surface area contributed by atoms with E-state index in [2.05, 4.69) is 34.8 Å². The van der Waals surface area contributed by atoms with E-state index in [4.69, 9.17) is 0 Å². The average molecular weight is 432 g/mol. The van der Waals surface area contributed by atoms with Crippen molar-refractivity contribution in [1.29, 1.82) is 0 Å². The second kappa shape index (κ2) is 13.2. The van der Waals surface area contributed by atoms with E-state index in [1.807, 2.05) is 37.3 Å². The first-order chi connectivity index (χ1) is 10.7. The van der Waals surface area contributed by atoms with E-state index in [0.29, 0.717) is 25.6 Å². The lowest BCUT2D eigenvalue weighted by atomic mass is 10.2. The highest BCUT2D eigenvalue weighted by Crippen LogP contribution is 1.97. The van der Waals surface area contributed by atoms with E-state index in [1.54, 1.807) is 0 Å². The molecule has 0 heterocycles. The van der Waals surface area contributed by atoms with Crippen LogP contribution in [0.4, 0.5) is 0 Å². The van der Waals surface area contributed by atoms with Gasteiger partial charge in [-0.05, 0) is 25.8 Å². The number of benzene rings is 1. The molecule has 1 aromatic carbocycles. The molecule has 0 aliphatic rings. The molecular formula is C17H29IN4O. The molecule has 0 aliphatic carbocycles. The lowest BCUT2D eigenvalue weighted by molar-refractivity contribution is -0.121. The second-order valence-corrected chi connectivity index (χ2v) is 5.23. The van der Waals surface area contributed by atoms with Crippen LogP contribution >= 0.6 is 24.0 Å². The van der Waals surface area contributed by atoms with Gasteiger partial charge in [0.1, 0.15) is 0 Å². The molecule has 0 spiro atoms. The monoisotopic (exact) mass is 432 g/mol. The van der Waals surface area contributed by atoms with Gasteiger partial charge in [0.15, 0.2) is 5.96 Å². The van der Waals surface area contributed by atoms with Crippen molar-refractivity contribution in [1.82, 2.24) is 16.0 Å². The zero-order chi connectivity index (χ0) is 16.2. The fraction of sp³-hybridized carbons (Fsp3) is 0.529. The number of hydrogen-bond acceptors (Lipinski definition) is 2. The minimum absolute atomic E-state index is 0. The number of rotatable bonds is 8. The van der Waals surface area contributed by atoms with E-state index in [0.717, 1.165) is 24.5 Å². The number of nitrogens with zero attached hydrogens (tertiary/aromatic N) is 1. The zero-order valence-corrected chi connectivity index (χ0v) is 16.6. The van der Waals surface area contributed by atoms with E-state index in [9.17, 15) is 4.79 Å². The molecule has 1 rings (SSSR count). The van der Waals surface area contributed by atoms with Crippen molar-refractivity contribution in [3.05, 3.63) is 35.9 Å². The molecular weight excluding hydrogens is 403 g/mol. The molecule has 23 heavy (non-hydrogen) atoms. The summed E-state index contributed by atoms with van der Waals surface area (Å²) in [6, 6.07) is 10.3. The number of hydrogen-bond donors (Lipinski definition) is 3. The van der Waals surface area contributed by atoms with Gasteiger partial charge in [0.25, 0.3) is 0 Å². The normalized spacial score (nSPS) is 12.0. The molecule has 0 bridgehead atoms. The summed E-state index contributed by atoms with van der Waals surface area (Å²) in [5.74, 6) is 0.791. The van der Waals surface area contributed by atoms with Gasteiger partial charge in [-0.1, -0.05) is 37.3 Å². The van der Waals surface area contributed by atoms with Crippen LogP contribution in [0.15, 0.2) is 35.3 Å². The van der Waals surface area contributed by atoms with Crippen LogP contribution in [0.1, 0.15) is 39.2 Å². The SMILES string of the molecule is CCNC(=NCCC(=O)NCc1ccccc1)NC(C)CC.I. The molecule has 0 fully saturated rings. The third-order valence-corrected chi connectivity index (χ3v) is 3.28. The van der Waals surface area contributed by atoms with E-state index in [-0.39, 0.29) is 29.9 Å². The Bertz CT molecular complexity index is 465. The minimum Gasteiger partial charge on any atom is -0.357 e. The fourth-order valence-corrected chi connectivity index (χ4v) is 1.81. The first kappa shape index (κ1) is 21.7. The van der Waals surface area contributed by atoms with Crippen LogP contribution in [-0.4, -0.2) is 31.0 Å². The first-order valence-corrected chi connectivity index (χ1v) is 8.01. The minimum atomic E-state index is 0. The van der Waals surface area contributed by atoms with Gasteiger partial charge in [-0.2, -0.15) is 0 Å². The third kappa shape index (κ3) is 10.1. The topological polar surface area (TPSA) is 65.5 Å². The third-order valence-electron chi connectivity index (χ3n) is 3.28. The second-order valence-electron chi connectivity index (χ2n) is 5.23. The molecule has 0 aromatic heterocycles. The maximum Gasteiger partial charge on any atom is 0.222 e. The standard InChI is InChI=1S/C17H28N4O.HI/c1-4-14(3)21-17(18-5-2)19-12-11-16(22)20-13-15-9-7-6-8-10-15;/h6-10,14H,4-5,11-13H2,1-3H3,(H,20,22)(H2,18,19,21);1H. The van der Waals surface area contributed by atoms with Crippen molar-refractivity contribution >= 4 is 35.8 Å². The van der Waals surface area contributed by atoms with Gasteiger partial charge in [0.2, 0.25) is 5.91 Å². The number of guanidine groups is 1. The first-order valence-electron chi connectivity index (χ1n) is 8.01. The quantitative estimate of drug-likeness (QED) is 0.336. The Hall–Kier alpha value is -1.31. The zero-order valence-electron chi connectivity index (χ0n) is 14.3. The van der Waals surface area contributed by atoms with Crippen LogP contribution in [0.25, 0.3) is 0 Å². The summed E-state index contributed by atoms with van der Waals surface area (Å²) >= 11 is 0. The number of carbonyl (C=O) groups is 1. The predicted octanol–water partition coefficient (Wildman–Crippen LogP) is 2.66. The number of aliphatic imine (C=N–C) groups is 1. The van der Waals surface area contributed by atoms with Crippen molar-refractivity contribution in [3.63, 3.8) is 0 Å². The molecule has 1 amide bonds. The molecule has 1 atom stereocenters. The van der Waals surface area contributed by atoms with Gasteiger partial charge >= 0.3 is 0 Å². The van der Waals surface area contributed by atoms with E-state index in [1.165, 1.54) is 0 Å². The summed E-state index contributed by atoms with van der Waals surface area (Å²) in [5.41, 5.74) is 1.10. The highest BCUT2D eigenvalue weighted by molar-refractivity contribution is 14.0. The highest BCUT2D eigenvalue weighted by atomic mass is 127. The number of halogens is 1. The Kier molecular flexibility index (Phi) is 12.4. The van der Waals surface area contributed by atoms with E-state index >= 15 is 0 Å². The molecule has 1 unspecified atom stereocenters. The van der Waals surface area contributed by atoms with E-state index < -0.39 is 0 Å². The Morgan fingerprint density at radius 1 is 1.17 bits per heavy atom. The molecule has 0 radical (unpaired) electrons. The molecule has 130 valence electrons. The van der Waals surface area contributed by atoms with Crippen LogP contribution in [0.3, 0.4) is 0 Å². The molecule has 0 aliphatic heterocycles. The summed E-state index contributed by atoms with van der Waals surface area (Å²) in [6.07, 6.45) is 1.42. The van der Waals surface area contributed by atoms with Crippen molar-refractivity contribution in [2.45, 2.75) is 46.2 Å². The summed E-state index contributed by atoms with van der Waals surface area (Å²) in [5, 5.41) is 9.40.